The molecular formula is C10H18N2O2. The van der Waals surface area contributed by atoms with Gasteiger partial charge in [-0.3, -0.25) is 0 Å². The lowest BCUT2D eigenvalue weighted by atomic mass is 10.0. The number of rotatable bonds is 2. The highest BCUT2D eigenvalue weighted by atomic mass is 16.6. The lowest BCUT2D eigenvalue weighted by molar-refractivity contribution is 0.107. The van der Waals surface area contributed by atoms with Gasteiger partial charge in [-0.1, -0.05) is 0 Å². The van der Waals surface area contributed by atoms with Gasteiger partial charge in [0.05, 0.1) is 6.54 Å². The summed E-state index contributed by atoms with van der Waals surface area (Å²) in [5.74, 6) is 0.516. The van der Waals surface area contributed by atoms with Crippen LogP contribution in [0.3, 0.4) is 0 Å². The van der Waals surface area contributed by atoms with E-state index in [0.717, 1.165) is 26.1 Å². The van der Waals surface area contributed by atoms with Crippen molar-refractivity contribution in [2.75, 3.05) is 19.6 Å². The second-order valence-corrected chi connectivity index (χ2v) is 4.42. The number of hydrogen-bond acceptors (Lipinski definition) is 3. The number of hydrogen-bond donors (Lipinski definition) is 1. The second-order valence-electron chi connectivity index (χ2n) is 4.42. The summed E-state index contributed by atoms with van der Waals surface area (Å²) < 4.78 is 5.37. The standard InChI is InChI=1S/C10H18N2O2/c1-7(2)12-6-9(14-10(12)13)8-3-4-11-5-8/h7-9,11H,3-6H2,1-2H3. The smallest absolute Gasteiger partial charge is 0.410 e. The molecule has 0 aromatic carbocycles. The molecule has 2 aliphatic heterocycles. The molecule has 4 nitrogen and oxygen atoms in total. The van der Waals surface area contributed by atoms with Crippen molar-refractivity contribution in [1.29, 1.82) is 0 Å². The van der Waals surface area contributed by atoms with E-state index in [0.29, 0.717) is 5.92 Å². The largest absolute Gasteiger partial charge is 0.444 e. The second kappa shape index (κ2) is 3.77. The number of nitrogens with zero attached hydrogens (tertiary/aromatic N) is 1. The predicted octanol–water partition coefficient (Wildman–Crippen LogP) is 0.825. The molecule has 0 spiro atoms. The Morgan fingerprint density at radius 3 is 2.86 bits per heavy atom. The van der Waals surface area contributed by atoms with Gasteiger partial charge in [0.1, 0.15) is 6.10 Å². The highest BCUT2D eigenvalue weighted by molar-refractivity contribution is 5.70. The Kier molecular flexibility index (Phi) is 2.63. The molecule has 80 valence electrons. The van der Waals surface area contributed by atoms with E-state index >= 15 is 0 Å². The highest BCUT2D eigenvalue weighted by Gasteiger charge is 2.38. The zero-order valence-electron chi connectivity index (χ0n) is 8.82. The molecule has 2 fully saturated rings. The number of cyclic esters (lactones) is 1. The van der Waals surface area contributed by atoms with Crippen molar-refractivity contribution in [3.05, 3.63) is 0 Å². The van der Waals surface area contributed by atoms with Crippen molar-refractivity contribution in [2.45, 2.75) is 32.4 Å². The average molecular weight is 198 g/mol. The lowest BCUT2D eigenvalue weighted by Crippen LogP contribution is -2.33. The van der Waals surface area contributed by atoms with Crippen molar-refractivity contribution < 1.29 is 9.53 Å². The molecule has 2 unspecified atom stereocenters. The zero-order chi connectivity index (χ0) is 10.1. The molecule has 0 aromatic rings. The Labute approximate surface area is 84.6 Å². The minimum Gasteiger partial charge on any atom is -0.444 e. The molecular weight excluding hydrogens is 180 g/mol. The number of ether oxygens (including phenoxy) is 1. The molecule has 0 radical (unpaired) electrons. The van der Waals surface area contributed by atoms with Crippen LogP contribution in [0.5, 0.6) is 0 Å². The number of amides is 1. The average Bonchev–Trinajstić information content (AvgIpc) is 2.70. The van der Waals surface area contributed by atoms with E-state index in [1.54, 1.807) is 0 Å². The molecule has 2 saturated heterocycles. The lowest BCUT2D eigenvalue weighted by Gasteiger charge is -2.18. The van der Waals surface area contributed by atoms with Crippen LogP contribution in [0.1, 0.15) is 20.3 Å². The van der Waals surface area contributed by atoms with E-state index in [-0.39, 0.29) is 18.2 Å². The van der Waals surface area contributed by atoms with E-state index in [1.165, 1.54) is 0 Å². The molecule has 0 saturated carbocycles. The molecule has 4 heteroatoms. The zero-order valence-corrected chi connectivity index (χ0v) is 8.82. The van der Waals surface area contributed by atoms with Crippen molar-refractivity contribution in [2.24, 2.45) is 5.92 Å². The van der Waals surface area contributed by atoms with Gasteiger partial charge in [-0.25, -0.2) is 4.79 Å². The minimum atomic E-state index is -0.142. The number of carbonyl (C=O) groups excluding carboxylic acids is 1. The molecule has 0 bridgehead atoms. The molecule has 2 atom stereocenters. The van der Waals surface area contributed by atoms with Gasteiger partial charge >= 0.3 is 6.09 Å². The van der Waals surface area contributed by atoms with Crippen LogP contribution in [0.15, 0.2) is 0 Å². The third kappa shape index (κ3) is 1.71. The van der Waals surface area contributed by atoms with Crippen LogP contribution in [0.2, 0.25) is 0 Å². The summed E-state index contributed by atoms with van der Waals surface area (Å²) in [7, 11) is 0. The van der Waals surface area contributed by atoms with Gasteiger partial charge in [-0.15, -0.1) is 0 Å². The van der Waals surface area contributed by atoms with Gasteiger partial charge in [0.25, 0.3) is 0 Å². The third-order valence-electron chi connectivity index (χ3n) is 3.11. The van der Waals surface area contributed by atoms with Gasteiger partial charge < -0.3 is 15.0 Å². The summed E-state index contributed by atoms with van der Waals surface area (Å²) in [6.07, 6.45) is 1.10. The normalized spacial score (nSPS) is 32.8. The SMILES string of the molecule is CC(C)N1CC(C2CCNC2)OC1=O. The first-order valence-corrected chi connectivity index (χ1v) is 5.36. The summed E-state index contributed by atoms with van der Waals surface area (Å²) in [6, 6.07) is 0.252. The Bertz CT molecular complexity index is 224. The molecule has 1 amide bonds. The molecule has 2 aliphatic rings. The van der Waals surface area contributed by atoms with Crippen molar-refractivity contribution in [3.63, 3.8) is 0 Å². The van der Waals surface area contributed by atoms with Crippen LogP contribution in [0, 0.1) is 5.92 Å². The van der Waals surface area contributed by atoms with Crippen LogP contribution in [0.25, 0.3) is 0 Å². The van der Waals surface area contributed by atoms with Crippen LogP contribution in [-0.2, 0) is 4.74 Å². The first kappa shape index (κ1) is 9.77. The maximum absolute atomic E-state index is 11.5. The maximum Gasteiger partial charge on any atom is 0.410 e. The Balaban J connectivity index is 1.95. The highest BCUT2D eigenvalue weighted by Crippen LogP contribution is 2.24. The molecule has 0 aromatic heterocycles. The topological polar surface area (TPSA) is 41.6 Å². The molecule has 2 heterocycles. The van der Waals surface area contributed by atoms with Crippen molar-refractivity contribution in [1.82, 2.24) is 10.2 Å². The van der Waals surface area contributed by atoms with E-state index in [1.807, 2.05) is 18.7 Å². The first-order valence-electron chi connectivity index (χ1n) is 5.36. The monoisotopic (exact) mass is 198 g/mol. The number of carbonyl (C=O) groups is 1. The Morgan fingerprint density at radius 1 is 1.57 bits per heavy atom. The summed E-state index contributed by atoms with van der Waals surface area (Å²) >= 11 is 0. The van der Waals surface area contributed by atoms with Crippen LogP contribution in [0.4, 0.5) is 4.79 Å². The number of nitrogens with one attached hydrogen (secondary N) is 1. The summed E-state index contributed by atoms with van der Waals surface area (Å²) in [6.45, 7) is 6.86. The van der Waals surface area contributed by atoms with Crippen LogP contribution < -0.4 is 5.32 Å². The van der Waals surface area contributed by atoms with E-state index in [4.69, 9.17) is 4.74 Å². The fraction of sp³-hybridized carbons (Fsp3) is 0.900. The molecule has 14 heavy (non-hydrogen) atoms. The summed E-state index contributed by atoms with van der Waals surface area (Å²) in [5.41, 5.74) is 0. The Morgan fingerprint density at radius 2 is 2.36 bits per heavy atom. The van der Waals surface area contributed by atoms with E-state index in [2.05, 4.69) is 5.32 Å². The van der Waals surface area contributed by atoms with Crippen molar-refractivity contribution >= 4 is 6.09 Å². The third-order valence-corrected chi connectivity index (χ3v) is 3.11. The Hall–Kier alpha value is -0.770. The van der Waals surface area contributed by atoms with Gasteiger partial charge in [-0.2, -0.15) is 0 Å². The fourth-order valence-electron chi connectivity index (χ4n) is 2.16. The van der Waals surface area contributed by atoms with Crippen LogP contribution >= 0.6 is 0 Å². The summed E-state index contributed by atoms with van der Waals surface area (Å²) in [4.78, 5) is 13.3. The summed E-state index contributed by atoms with van der Waals surface area (Å²) in [5, 5.41) is 3.30. The minimum absolute atomic E-state index is 0.111. The van der Waals surface area contributed by atoms with Crippen molar-refractivity contribution in [3.8, 4) is 0 Å². The van der Waals surface area contributed by atoms with Gasteiger partial charge in [0.15, 0.2) is 0 Å². The quantitative estimate of drug-likeness (QED) is 0.714. The molecule has 2 rings (SSSR count). The van der Waals surface area contributed by atoms with Gasteiger partial charge in [0.2, 0.25) is 0 Å². The fourth-order valence-corrected chi connectivity index (χ4v) is 2.16. The van der Waals surface area contributed by atoms with Gasteiger partial charge in [-0.05, 0) is 26.8 Å². The first-order chi connectivity index (χ1) is 6.68. The molecule has 0 aliphatic carbocycles. The molecule has 1 N–H and O–H groups in total. The predicted molar refractivity (Wildman–Crippen MR) is 53.1 cm³/mol. The van der Waals surface area contributed by atoms with Crippen LogP contribution in [-0.4, -0.2) is 42.8 Å². The maximum atomic E-state index is 11.5. The van der Waals surface area contributed by atoms with E-state index in [9.17, 15) is 4.79 Å². The van der Waals surface area contributed by atoms with E-state index < -0.39 is 0 Å². The van der Waals surface area contributed by atoms with Gasteiger partial charge in [0, 0.05) is 18.5 Å².